The molecule has 2 N–H and O–H groups in total. The van der Waals surface area contributed by atoms with Gasteiger partial charge in [0.1, 0.15) is 5.75 Å². The van der Waals surface area contributed by atoms with Crippen molar-refractivity contribution >= 4 is 5.91 Å². The molecular formula is C14H22N2O2. The number of likely N-dealkylation sites (N-methyl/N-ethyl adjacent to an activating group) is 1. The van der Waals surface area contributed by atoms with Crippen molar-refractivity contribution in [2.75, 3.05) is 13.1 Å². The van der Waals surface area contributed by atoms with Crippen molar-refractivity contribution < 1.29 is 9.53 Å². The summed E-state index contributed by atoms with van der Waals surface area (Å²) in [7, 11) is 0. The molecule has 1 aromatic carbocycles. The smallest absolute Gasteiger partial charge is 0.233 e. The molecule has 0 atom stereocenters. The SMILES string of the molecule is CCNC(=O)CNCc1cccc(OC(C)C)c1. The molecule has 1 rings (SSSR count). The Balaban J connectivity index is 2.40. The van der Waals surface area contributed by atoms with Crippen molar-refractivity contribution in [1.82, 2.24) is 10.6 Å². The Labute approximate surface area is 109 Å². The highest BCUT2D eigenvalue weighted by Gasteiger charge is 2.01. The highest BCUT2D eigenvalue weighted by molar-refractivity contribution is 5.77. The van der Waals surface area contributed by atoms with E-state index in [2.05, 4.69) is 10.6 Å². The molecule has 1 aromatic rings. The van der Waals surface area contributed by atoms with Gasteiger partial charge < -0.3 is 15.4 Å². The lowest BCUT2D eigenvalue weighted by Gasteiger charge is -2.11. The van der Waals surface area contributed by atoms with Crippen LogP contribution >= 0.6 is 0 Å². The van der Waals surface area contributed by atoms with Crippen LogP contribution in [-0.2, 0) is 11.3 Å². The number of rotatable bonds is 7. The molecule has 0 fully saturated rings. The van der Waals surface area contributed by atoms with E-state index in [0.717, 1.165) is 11.3 Å². The molecule has 0 unspecified atom stereocenters. The molecule has 18 heavy (non-hydrogen) atoms. The first-order valence-electron chi connectivity index (χ1n) is 6.34. The first-order chi connectivity index (χ1) is 8.61. The Kier molecular flexibility index (Phi) is 6.22. The fourth-order valence-corrected chi connectivity index (χ4v) is 1.58. The summed E-state index contributed by atoms with van der Waals surface area (Å²) in [5.41, 5.74) is 1.11. The average Bonchev–Trinajstić information content (AvgIpc) is 2.29. The molecule has 0 saturated heterocycles. The van der Waals surface area contributed by atoms with Crippen LogP contribution in [0.1, 0.15) is 26.3 Å². The predicted octanol–water partition coefficient (Wildman–Crippen LogP) is 1.70. The molecule has 100 valence electrons. The quantitative estimate of drug-likeness (QED) is 0.774. The number of benzene rings is 1. The Morgan fingerprint density at radius 2 is 2.17 bits per heavy atom. The van der Waals surface area contributed by atoms with Gasteiger partial charge in [0.25, 0.3) is 0 Å². The third kappa shape index (κ3) is 5.68. The van der Waals surface area contributed by atoms with Gasteiger partial charge in [-0.3, -0.25) is 4.79 Å². The van der Waals surface area contributed by atoms with Crippen molar-refractivity contribution in [2.45, 2.75) is 33.4 Å². The normalized spacial score (nSPS) is 10.4. The minimum absolute atomic E-state index is 0.0204. The van der Waals surface area contributed by atoms with Crippen molar-refractivity contribution in [3.05, 3.63) is 29.8 Å². The zero-order valence-electron chi connectivity index (χ0n) is 11.3. The van der Waals surface area contributed by atoms with Gasteiger partial charge in [0.15, 0.2) is 0 Å². The molecule has 0 aliphatic rings. The van der Waals surface area contributed by atoms with Crippen molar-refractivity contribution in [1.29, 1.82) is 0 Å². The molecule has 1 amide bonds. The number of amides is 1. The first-order valence-corrected chi connectivity index (χ1v) is 6.34. The molecule has 0 radical (unpaired) electrons. The van der Waals surface area contributed by atoms with E-state index >= 15 is 0 Å². The van der Waals surface area contributed by atoms with Gasteiger partial charge >= 0.3 is 0 Å². The molecule has 0 heterocycles. The van der Waals surface area contributed by atoms with Gasteiger partial charge in [-0.2, -0.15) is 0 Å². The van der Waals surface area contributed by atoms with E-state index in [4.69, 9.17) is 4.74 Å². The number of nitrogens with one attached hydrogen (secondary N) is 2. The molecule has 0 aliphatic heterocycles. The van der Waals surface area contributed by atoms with Crippen molar-refractivity contribution in [3.8, 4) is 5.75 Å². The van der Waals surface area contributed by atoms with Crippen LogP contribution in [0.15, 0.2) is 24.3 Å². The highest BCUT2D eigenvalue weighted by atomic mass is 16.5. The molecule has 0 spiro atoms. The van der Waals surface area contributed by atoms with Crippen LogP contribution in [0.2, 0.25) is 0 Å². The third-order valence-corrected chi connectivity index (χ3v) is 2.26. The van der Waals surface area contributed by atoms with E-state index in [1.165, 1.54) is 0 Å². The maximum Gasteiger partial charge on any atom is 0.233 e. The zero-order valence-corrected chi connectivity index (χ0v) is 11.3. The van der Waals surface area contributed by atoms with Crippen molar-refractivity contribution in [2.24, 2.45) is 0 Å². The van der Waals surface area contributed by atoms with Gasteiger partial charge in [0.2, 0.25) is 5.91 Å². The molecule has 0 aromatic heterocycles. The summed E-state index contributed by atoms with van der Waals surface area (Å²) in [6.07, 6.45) is 0.170. The lowest BCUT2D eigenvalue weighted by atomic mass is 10.2. The predicted molar refractivity (Wildman–Crippen MR) is 72.6 cm³/mol. The van der Waals surface area contributed by atoms with Crippen molar-refractivity contribution in [3.63, 3.8) is 0 Å². The summed E-state index contributed by atoms with van der Waals surface area (Å²) in [6.45, 7) is 7.57. The fraction of sp³-hybridized carbons (Fsp3) is 0.500. The molecule has 4 nitrogen and oxygen atoms in total. The average molecular weight is 250 g/mol. The largest absolute Gasteiger partial charge is 0.491 e. The fourth-order valence-electron chi connectivity index (χ4n) is 1.58. The van der Waals surface area contributed by atoms with Gasteiger partial charge in [0, 0.05) is 13.1 Å². The second-order valence-corrected chi connectivity index (χ2v) is 4.37. The minimum Gasteiger partial charge on any atom is -0.491 e. The van der Waals surface area contributed by atoms with Gasteiger partial charge in [-0.05, 0) is 38.5 Å². The second kappa shape index (κ2) is 7.71. The van der Waals surface area contributed by atoms with Gasteiger partial charge in [-0.1, -0.05) is 12.1 Å². The Bertz CT molecular complexity index is 378. The first kappa shape index (κ1) is 14.5. The highest BCUT2D eigenvalue weighted by Crippen LogP contribution is 2.14. The number of ether oxygens (including phenoxy) is 1. The zero-order chi connectivity index (χ0) is 13.4. The van der Waals surface area contributed by atoms with Crippen LogP contribution in [0.25, 0.3) is 0 Å². The molecule has 0 aliphatic carbocycles. The van der Waals surface area contributed by atoms with E-state index in [1.807, 2.05) is 45.0 Å². The lowest BCUT2D eigenvalue weighted by molar-refractivity contribution is -0.120. The molecule has 0 bridgehead atoms. The van der Waals surface area contributed by atoms with Gasteiger partial charge in [-0.15, -0.1) is 0 Å². The van der Waals surface area contributed by atoms with E-state index in [-0.39, 0.29) is 12.0 Å². The molecule has 0 saturated carbocycles. The summed E-state index contributed by atoms with van der Waals surface area (Å²) in [4.78, 5) is 11.2. The number of carbonyl (C=O) groups is 1. The monoisotopic (exact) mass is 250 g/mol. The summed E-state index contributed by atoms with van der Waals surface area (Å²) < 4.78 is 5.61. The number of carbonyl (C=O) groups excluding carboxylic acids is 1. The van der Waals surface area contributed by atoms with Crippen LogP contribution in [0.5, 0.6) is 5.75 Å². The maximum absolute atomic E-state index is 11.2. The van der Waals surface area contributed by atoms with Gasteiger partial charge in [-0.25, -0.2) is 0 Å². The summed E-state index contributed by atoms with van der Waals surface area (Å²) >= 11 is 0. The van der Waals surface area contributed by atoms with Gasteiger partial charge in [0.05, 0.1) is 12.6 Å². The van der Waals surface area contributed by atoms with E-state index in [1.54, 1.807) is 0 Å². The minimum atomic E-state index is 0.0204. The third-order valence-electron chi connectivity index (χ3n) is 2.26. The Morgan fingerprint density at radius 3 is 2.83 bits per heavy atom. The van der Waals surface area contributed by atoms with E-state index in [0.29, 0.717) is 19.6 Å². The molecular weight excluding hydrogens is 228 g/mol. The topological polar surface area (TPSA) is 50.4 Å². The van der Waals surface area contributed by atoms with Crippen LogP contribution < -0.4 is 15.4 Å². The summed E-state index contributed by atoms with van der Waals surface area (Å²) in [5.74, 6) is 0.884. The summed E-state index contributed by atoms with van der Waals surface area (Å²) in [5, 5.41) is 5.84. The summed E-state index contributed by atoms with van der Waals surface area (Å²) in [6, 6.07) is 7.90. The Morgan fingerprint density at radius 1 is 1.39 bits per heavy atom. The van der Waals surface area contributed by atoms with Crippen LogP contribution in [0, 0.1) is 0 Å². The maximum atomic E-state index is 11.2. The number of hydrogen-bond donors (Lipinski definition) is 2. The van der Waals surface area contributed by atoms with E-state index in [9.17, 15) is 4.79 Å². The Hall–Kier alpha value is -1.55. The lowest BCUT2D eigenvalue weighted by Crippen LogP contribution is -2.33. The standard InChI is InChI=1S/C14H22N2O2/c1-4-16-14(17)10-15-9-12-6-5-7-13(8-12)18-11(2)3/h5-8,11,15H,4,9-10H2,1-3H3,(H,16,17). The van der Waals surface area contributed by atoms with Crippen LogP contribution in [0.3, 0.4) is 0 Å². The van der Waals surface area contributed by atoms with E-state index < -0.39 is 0 Å². The van der Waals surface area contributed by atoms with Crippen LogP contribution in [0.4, 0.5) is 0 Å². The van der Waals surface area contributed by atoms with Crippen LogP contribution in [-0.4, -0.2) is 25.1 Å². The number of hydrogen-bond acceptors (Lipinski definition) is 3. The second-order valence-electron chi connectivity index (χ2n) is 4.37. The molecule has 4 heteroatoms.